The summed E-state index contributed by atoms with van der Waals surface area (Å²) in [5.41, 5.74) is 5.80. The van der Waals surface area contributed by atoms with Crippen LogP contribution < -0.4 is 11.1 Å². The second kappa shape index (κ2) is 8.08. The molecule has 0 radical (unpaired) electrons. The van der Waals surface area contributed by atoms with Gasteiger partial charge in [0.15, 0.2) is 0 Å². The van der Waals surface area contributed by atoms with Gasteiger partial charge in [-0.2, -0.15) is 0 Å². The zero-order valence-electron chi connectivity index (χ0n) is 10.9. The Kier molecular flexibility index (Phi) is 8.02. The standard InChI is InChI=1S/C12H28N2O/c1-6-12(7-10(3)14-5)15-8-9(2)11(4)13/h9-12,14H,6-8,13H2,1-5H3. The fraction of sp³-hybridized carbons (Fsp3) is 1.00. The SMILES string of the molecule is CCC(CC(C)NC)OCC(C)C(C)N. The van der Waals surface area contributed by atoms with Gasteiger partial charge in [0.2, 0.25) is 0 Å². The highest BCUT2D eigenvalue weighted by Gasteiger charge is 2.14. The zero-order chi connectivity index (χ0) is 11.8. The monoisotopic (exact) mass is 216 g/mol. The Morgan fingerprint density at radius 2 is 1.87 bits per heavy atom. The summed E-state index contributed by atoms with van der Waals surface area (Å²) in [6, 6.07) is 0.727. The molecule has 0 saturated carbocycles. The van der Waals surface area contributed by atoms with Crippen molar-refractivity contribution in [2.45, 2.75) is 58.7 Å². The molecule has 15 heavy (non-hydrogen) atoms. The van der Waals surface area contributed by atoms with E-state index >= 15 is 0 Å². The molecule has 0 aromatic heterocycles. The molecule has 0 aliphatic heterocycles. The molecule has 0 rings (SSSR count). The summed E-state index contributed by atoms with van der Waals surface area (Å²) in [7, 11) is 1.99. The Morgan fingerprint density at radius 1 is 1.27 bits per heavy atom. The second-order valence-electron chi connectivity index (χ2n) is 4.63. The first-order valence-corrected chi connectivity index (χ1v) is 6.05. The summed E-state index contributed by atoms with van der Waals surface area (Å²) in [4.78, 5) is 0. The predicted octanol–water partition coefficient (Wildman–Crippen LogP) is 1.76. The molecule has 0 fully saturated rings. The van der Waals surface area contributed by atoms with Crippen LogP contribution in [0.3, 0.4) is 0 Å². The van der Waals surface area contributed by atoms with E-state index in [0.717, 1.165) is 19.4 Å². The Balaban J connectivity index is 3.79. The normalized spacial score (nSPS) is 19.6. The van der Waals surface area contributed by atoms with Gasteiger partial charge < -0.3 is 15.8 Å². The first-order valence-electron chi connectivity index (χ1n) is 6.05. The van der Waals surface area contributed by atoms with Crippen LogP contribution in [0.2, 0.25) is 0 Å². The zero-order valence-corrected chi connectivity index (χ0v) is 10.9. The molecule has 0 saturated heterocycles. The van der Waals surface area contributed by atoms with Gasteiger partial charge in [0.25, 0.3) is 0 Å². The van der Waals surface area contributed by atoms with Crippen molar-refractivity contribution in [2.24, 2.45) is 11.7 Å². The topological polar surface area (TPSA) is 47.3 Å². The Labute approximate surface area is 94.8 Å². The summed E-state index contributed by atoms with van der Waals surface area (Å²) in [6.07, 6.45) is 2.49. The molecule has 0 aromatic rings. The second-order valence-corrected chi connectivity index (χ2v) is 4.63. The van der Waals surface area contributed by atoms with E-state index in [1.165, 1.54) is 0 Å². The van der Waals surface area contributed by atoms with Crippen molar-refractivity contribution in [3.63, 3.8) is 0 Å². The molecule has 0 bridgehead atoms. The molecule has 0 aromatic carbocycles. The van der Waals surface area contributed by atoms with Crippen molar-refractivity contribution in [3.05, 3.63) is 0 Å². The molecular weight excluding hydrogens is 188 g/mol. The van der Waals surface area contributed by atoms with E-state index in [1.54, 1.807) is 0 Å². The molecule has 0 amide bonds. The fourth-order valence-corrected chi connectivity index (χ4v) is 1.30. The van der Waals surface area contributed by atoms with E-state index in [0.29, 0.717) is 18.1 Å². The highest BCUT2D eigenvalue weighted by Crippen LogP contribution is 2.10. The van der Waals surface area contributed by atoms with Crippen molar-refractivity contribution in [3.8, 4) is 0 Å². The smallest absolute Gasteiger partial charge is 0.0587 e. The first kappa shape index (κ1) is 14.9. The van der Waals surface area contributed by atoms with Gasteiger partial charge in [0, 0.05) is 12.1 Å². The minimum absolute atomic E-state index is 0.212. The van der Waals surface area contributed by atoms with Crippen molar-refractivity contribution in [2.75, 3.05) is 13.7 Å². The minimum Gasteiger partial charge on any atom is -0.378 e. The van der Waals surface area contributed by atoms with Crippen LogP contribution in [0.1, 0.15) is 40.5 Å². The van der Waals surface area contributed by atoms with E-state index in [1.807, 2.05) is 14.0 Å². The van der Waals surface area contributed by atoms with Crippen LogP contribution in [0.4, 0.5) is 0 Å². The van der Waals surface area contributed by atoms with Crippen LogP contribution in [0.25, 0.3) is 0 Å². The van der Waals surface area contributed by atoms with Crippen LogP contribution in [0.15, 0.2) is 0 Å². The quantitative estimate of drug-likeness (QED) is 0.650. The van der Waals surface area contributed by atoms with E-state index in [9.17, 15) is 0 Å². The Hall–Kier alpha value is -0.120. The van der Waals surface area contributed by atoms with Crippen LogP contribution in [0.5, 0.6) is 0 Å². The van der Waals surface area contributed by atoms with Crippen molar-refractivity contribution in [1.82, 2.24) is 5.32 Å². The molecule has 0 aliphatic rings. The van der Waals surface area contributed by atoms with Gasteiger partial charge in [0.1, 0.15) is 0 Å². The lowest BCUT2D eigenvalue weighted by Gasteiger charge is -2.23. The third-order valence-corrected chi connectivity index (χ3v) is 3.06. The van der Waals surface area contributed by atoms with Crippen molar-refractivity contribution >= 4 is 0 Å². The molecule has 3 nitrogen and oxygen atoms in total. The maximum atomic E-state index is 5.87. The summed E-state index contributed by atoms with van der Waals surface area (Å²) in [5, 5.41) is 3.24. The van der Waals surface area contributed by atoms with Gasteiger partial charge in [0.05, 0.1) is 12.7 Å². The number of hydrogen-bond donors (Lipinski definition) is 2. The predicted molar refractivity (Wildman–Crippen MR) is 66.0 cm³/mol. The maximum absolute atomic E-state index is 5.87. The molecular formula is C12H28N2O. The van der Waals surface area contributed by atoms with Gasteiger partial charge in [-0.1, -0.05) is 13.8 Å². The molecule has 0 spiro atoms. The Morgan fingerprint density at radius 3 is 2.27 bits per heavy atom. The molecule has 4 unspecified atom stereocenters. The lowest BCUT2D eigenvalue weighted by Crippen LogP contribution is -2.32. The van der Waals surface area contributed by atoms with Crippen molar-refractivity contribution in [1.29, 1.82) is 0 Å². The molecule has 3 heteroatoms. The van der Waals surface area contributed by atoms with Crippen LogP contribution in [-0.4, -0.2) is 31.8 Å². The fourth-order valence-electron chi connectivity index (χ4n) is 1.30. The number of hydrogen-bond acceptors (Lipinski definition) is 3. The van der Waals surface area contributed by atoms with Gasteiger partial charge in [-0.25, -0.2) is 0 Å². The summed E-state index contributed by atoms with van der Waals surface area (Å²) in [5.74, 6) is 0.434. The van der Waals surface area contributed by atoms with E-state index in [2.05, 4.69) is 26.1 Å². The summed E-state index contributed by atoms with van der Waals surface area (Å²) in [6.45, 7) is 9.29. The van der Waals surface area contributed by atoms with Crippen LogP contribution >= 0.6 is 0 Å². The molecule has 3 N–H and O–H groups in total. The lowest BCUT2D eigenvalue weighted by atomic mass is 10.1. The molecule has 0 aliphatic carbocycles. The van der Waals surface area contributed by atoms with E-state index in [-0.39, 0.29) is 6.04 Å². The van der Waals surface area contributed by atoms with E-state index < -0.39 is 0 Å². The van der Waals surface area contributed by atoms with Crippen molar-refractivity contribution < 1.29 is 4.74 Å². The number of ether oxygens (including phenoxy) is 1. The van der Waals surface area contributed by atoms with Crippen LogP contribution in [-0.2, 0) is 4.74 Å². The number of nitrogens with one attached hydrogen (secondary N) is 1. The highest BCUT2D eigenvalue weighted by molar-refractivity contribution is 4.68. The average Bonchev–Trinajstić information content (AvgIpc) is 2.22. The van der Waals surface area contributed by atoms with Gasteiger partial charge in [-0.3, -0.25) is 0 Å². The molecule has 4 atom stereocenters. The van der Waals surface area contributed by atoms with E-state index in [4.69, 9.17) is 10.5 Å². The number of rotatable bonds is 8. The van der Waals surface area contributed by atoms with Gasteiger partial charge >= 0.3 is 0 Å². The third kappa shape index (κ3) is 6.88. The molecule has 0 heterocycles. The van der Waals surface area contributed by atoms with Gasteiger partial charge in [-0.05, 0) is 39.7 Å². The lowest BCUT2D eigenvalue weighted by molar-refractivity contribution is 0.0171. The van der Waals surface area contributed by atoms with Gasteiger partial charge in [-0.15, -0.1) is 0 Å². The third-order valence-electron chi connectivity index (χ3n) is 3.06. The highest BCUT2D eigenvalue weighted by atomic mass is 16.5. The Bertz CT molecular complexity index is 151. The molecule has 92 valence electrons. The summed E-state index contributed by atoms with van der Waals surface area (Å²) < 4.78 is 5.87. The summed E-state index contributed by atoms with van der Waals surface area (Å²) >= 11 is 0. The maximum Gasteiger partial charge on any atom is 0.0587 e. The minimum atomic E-state index is 0.212. The van der Waals surface area contributed by atoms with Crippen LogP contribution in [0, 0.1) is 5.92 Å². The number of nitrogens with two attached hydrogens (primary N) is 1. The average molecular weight is 216 g/mol. The first-order chi connectivity index (χ1) is 7.01. The largest absolute Gasteiger partial charge is 0.378 e.